The van der Waals surface area contributed by atoms with E-state index in [2.05, 4.69) is 52.3 Å². The van der Waals surface area contributed by atoms with E-state index < -0.39 is 0 Å². The van der Waals surface area contributed by atoms with Crippen molar-refractivity contribution in [1.29, 1.82) is 0 Å². The van der Waals surface area contributed by atoms with Gasteiger partial charge >= 0.3 is 0 Å². The molecule has 5 atom stereocenters. The second-order valence-corrected chi connectivity index (χ2v) is 8.89. The molecule has 138 valence electrons. The summed E-state index contributed by atoms with van der Waals surface area (Å²) in [5, 5.41) is 8.83. The van der Waals surface area contributed by atoms with Crippen LogP contribution in [-0.2, 0) is 5.54 Å². The highest BCUT2D eigenvalue weighted by molar-refractivity contribution is 5.89. The lowest BCUT2D eigenvalue weighted by Gasteiger charge is -2.55. The lowest BCUT2D eigenvalue weighted by molar-refractivity contribution is 0.157. The zero-order chi connectivity index (χ0) is 18.3. The van der Waals surface area contributed by atoms with Crippen LogP contribution in [0, 0.1) is 17.8 Å². The molecule has 6 rings (SSSR count). The van der Waals surface area contributed by atoms with Crippen LogP contribution in [0.2, 0.25) is 0 Å². The molecule has 3 N–H and O–H groups in total. The average Bonchev–Trinajstić information content (AvgIpc) is 3.41. The van der Waals surface area contributed by atoms with Gasteiger partial charge in [0.25, 0.3) is 0 Å². The van der Waals surface area contributed by atoms with E-state index in [0.717, 1.165) is 17.4 Å². The fourth-order valence-electron chi connectivity index (χ4n) is 6.75. The lowest BCUT2D eigenvalue weighted by atomic mass is 9.61. The first-order chi connectivity index (χ1) is 13.1. The van der Waals surface area contributed by atoms with Gasteiger partial charge in [-0.1, -0.05) is 6.07 Å². The smallest absolute Gasteiger partial charge is 0.123 e. The normalized spacial score (nSPS) is 34.1. The van der Waals surface area contributed by atoms with Crippen LogP contribution in [0.1, 0.15) is 43.2 Å². The molecule has 1 aliphatic heterocycles. The maximum absolute atomic E-state index is 5.89. The number of benzene rings is 1. The lowest BCUT2D eigenvalue weighted by Crippen LogP contribution is -2.54. The summed E-state index contributed by atoms with van der Waals surface area (Å²) in [6, 6.07) is 8.59. The van der Waals surface area contributed by atoms with Crippen LogP contribution < -0.4 is 10.6 Å². The highest BCUT2D eigenvalue weighted by atomic mass is 15.2. The van der Waals surface area contributed by atoms with E-state index in [9.17, 15) is 0 Å². The molecule has 2 bridgehead atoms. The molecule has 2 aliphatic carbocycles. The van der Waals surface area contributed by atoms with Crippen LogP contribution in [-0.4, -0.2) is 22.2 Å². The summed E-state index contributed by atoms with van der Waals surface area (Å²) in [6.07, 6.45) is 8.09. The molecule has 2 fully saturated rings. The SMILES string of the molecule is CN1c2ccc3[nH]ncc3c2[C@H]2C3CCC(C3)[C@H]2[C@]1(C)c1ccc(N)nc1. The molecule has 1 aromatic carbocycles. The summed E-state index contributed by atoms with van der Waals surface area (Å²) in [7, 11) is 2.25. The van der Waals surface area contributed by atoms with Crippen molar-refractivity contribution in [2.45, 2.75) is 37.6 Å². The molecule has 3 aromatic rings. The van der Waals surface area contributed by atoms with Crippen molar-refractivity contribution in [2.75, 3.05) is 17.7 Å². The Balaban J connectivity index is 1.64. The number of nitrogen functional groups attached to an aromatic ring is 1. The third-order valence-corrected chi connectivity index (χ3v) is 7.97. The van der Waals surface area contributed by atoms with Crippen LogP contribution >= 0.6 is 0 Å². The van der Waals surface area contributed by atoms with E-state index in [-0.39, 0.29) is 5.54 Å². The van der Waals surface area contributed by atoms with Gasteiger partial charge in [0.2, 0.25) is 0 Å². The number of nitrogens with zero attached hydrogens (tertiary/aromatic N) is 3. The van der Waals surface area contributed by atoms with Crippen LogP contribution in [0.25, 0.3) is 10.9 Å². The van der Waals surface area contributed by atoms with Gasteiger partial charge < -0.3 is 10.6 Å². The van der Waals surface area contributed by atoms with Gasteiger partial charge in [-0.3, -0.25) is 5.10 Å². The zero-order valence-electron chi connectivity index (χ0n) is 15.8. The number of rotatable bonds is 1. The Kier molecular flexibility index (Phi) is 2.89. The van der Waals surface area contributed by atoms with Crippen LogP contribution in [0.4, 0.5) is 11.5 Å². The van der Waals surface area contributed by atoms with Gasteiger partial charge in [0.15, 0.2) is 0 Å². The number of hydrogen-bond acceptors (Lipinski definition) is 4. The van der Waals surface area contributed by atoms with Gasteiger partial charge in [-0.05, 0) is 79.2 Å². The van der Waals surface area contributed by atoms with Crippen molar-refractivity contribution >= 4 is 22.4 Å². The summed E-state index contributed by atoms with van der Waals surface area (Å²) in [6.45, 7) is 2.42. The molecule has 3 heterocycles. The standard InChI is InChI=1S/C22H25N5/c1-22(14-5-8-18(23)24-10-14)21-13-4-3-12(9-13)19(21)20-15-11-25-26-16(15)6-7-17(20)27(22)2/h5-8,10-13,19,21H,3-4,9H2,1-2H3,(H2,23,24)(H,25,26)/t12?,13?,19-,21-,22+/m1/s1. The summed E-state index contributed by atoms with van der Waals surface area (Å²) in [5.74, 6) is 3.35. The monoisotopic (exact) mass is 359 g/mol. The van der Waals surface area contributed by atoms with E-state index in [0.29, 0.717) is 17.7 Å². The van der Waals surface area contributed by atoms with E-state index >= 15 is 0 Å². The quantitative estimate of drug-likeness (QED) is 0.688. The number of aromatic amines is 1. The first kappa shape index (κ1) is 15.5. The van der Waals surface area contributed by atoms with Gasteiger partial charge in [-0.2, -0.15) is 5.10 Å². The Bertz CT molecular complexity index is 1040. The van der Waals surface area contributed by atoms with Gasteiger partial charge in [0, 0.05) is 24.3 Å². The minimum absolute atomic E-state index is 0.0738. The second-order valence-electron chi connectivity index (χ2n) is 8.89. The molecule has 3 aliphatic rings. The maximum atomic E-state index is 5.89. The molecule has 0 spiro atoms. The third-order valence-electron chi connectivity index (χ3n) is 7.97. The van der Waals surface area contributed by atoms with Crippen molar-refractivity contribution in [3.63, 3.8) is 0 Å². The van der Waals surface area contributed by atoms with Crippen molar-refractivity contribution in [1.82, 2.24) is 15.2 Å². The minimum atomic E-state index is -0.0738. The second kappa shape index (κ2) is 5.03. The van der Waals surface area contributed by atoms with Crippen molar-refractivity contribution in [3.8, 4) is 0 Å². The molecular formula is C22H25N5. The van der Waals surface area contributed by atoms with Crippen LogP contribution in [0.3, 0.4) is 0 Å². The molecule has 0 radical (unpaired) electrons. The van der Waals surface area contributed by atoms with E-state index in [1.54, 1.807) is 0 Å². The Morgan fingerprint density at radius 2 is 2.00 bits per heavy atom. The molecule has 2 unspecified atom stereocenters. The maximum Gasteiger partial charge on any atom is 0.123 e. The highest BCUT2D eigenvalue weighted by Crippen LogP contribution is 2.67. The molecule has 0 saturated heterocycles. The Labute approximate surface area is 159 Å². The number of nitrogens with two attached hydrogens (primary N) is 1. The Hall–Kier alpha value is -2.56. The topological polar surface area (TPSA) is 70.8 Å². The van der Waals surface area contributed by atoms with Gasteiger partial charge in [0.1, 0.15) is 5.82 Å². The first-order valence-electron chi connectivity index (χ1n) is 10.0. The Morgan fingerprint density at radius 3 is 2.81 bits per heavy atom. The van der Waals surface area contributed by atoms with Crippen LogP contribution in [0.15, 0.2) is 36.7 Å². The van der Waals surface area contributed by atoms with E-state index in [4.69, 9.17) is 5.73 Å². The van der Waals surface area contributed by atoms with Gasteiger partial charge in [-0.15, -0.1) is 0 Å². The van der Waals surface area contributed by atoms with Crippen LogP contribution in [0.5, 0.6) is 0 Å². The highest BCUT2D eigenvalue weighted by Gasteiger charge is 2.60. The largest absolute Gasteiger partial charge is 0.384 e. The molecule has 2 saturated carbocycles. The molecule has 0 amide bonds. The zero-order valence-corrected chi connectivity index (χ0v) is 15.8. The number of pyridine rings is 1. The summed E-state index contributed by atoms with van der Waals surface area (Å²) in [5.41, 5.74) is 11.1. The van der Waals surface area contributed by atoms with Gasteiger partial charge in [0.05, 0.1) is 17.3 Å². The molecular weight excluding hydrogens is 334 g/mol. The predicted octanol–water partition coefficient (Wildman–Crippen LogP) is 4.04. The molecule has 5 heteroatoms. The molecule has 2 aromatic heterocycles. The minimum Gasteiger partial charge on any atom is -0.384 e. The van der Waals surface area contributed by atoms with E-state index in [1.807, 2.05) is 18.5 Å². The summed E-state index contributed by atoms with van der Waals surface area (Å²) in [4.78, 5) is 6.95. The molecule has 27 heavy (non-hydrogen) atoms. The predicted molar refractivity (Wildman–Crippen MR) is 108 cm³/mol. The fourth-order valence-corrected chi connectivity index (χ4v) is 6.75. The fraction of sp³-hybridized carbons (Fsp3) is 0.455. The first-order valence-corrected chi connectivity index (χ1v) is 10.0. The van der Waals surface area contributed by atoms with Crippen molar-refractivity contribution in [2.24, 2.45) is 17.8 Å². The molecule has 5 nitrogen and oxygen atoms in total. The van der Waals surface area contributed by atoms with Crippen molar-refractivity contribution < 1.29 is 0 Å². The number of fused-ring (bicyclic) bond motifs is 9. The third kappa shape index (κ3) is 1.80. The average molecular weight is 359 g/mol. The number of hydrogen-bond donors (Lipinski definition) is 2. The number of anilines is 2. The van der Waals surface area contributed by atoms with Gasteiger partial charge in [-0.25, -0.2) is 4.98 Å². The summed E-state index contributed by atoms with van der Waals surface area (Å²) < 4.78 is 0. The van der Waals surface area contributed by atoms with Crippen molar-refractivity contribution in [3.05, 3.63) is 47.8 Å². The number of nitrogens with one attached hydrogen (secondary N) is 1. The number of aromatic nitrogens is 3. The summed E-state index contributed by atoms with van der Waals surface area (Å²) >= 11 is 0. The number of H-pyrrole nitrogens is 1. The Morgan fingerprint density at radius 1 is 1.15 bits per heavy atom. The van der Waals surface area contributed by atoms with E-state index in [1.165, 1.54) is 41.5 Å².